The van der Waals surface area contributed by atoms with Crippen LogP contribution in [0.25, 0.3) is 0 Å². The lowest BCUT2D eigenvalue weighted by Crippen LogP contribution is -2.51. The molecule has 0 atom stereocenters. The zero-order chi connectivity index (χ0) is 10.8. The van der Waals surface area contributed by atoms with Crippen LogP contribution in [-0.4, -0.2) is 31.1 Å². The van der Waals surface area contributed by atoms with E-state index in [0.717, 1.165) is 18.8 Å². The molecular formula is C13H19NO. The van der Waals surface area contributed by atoms with Gasteiger partial charge in [-0.2, -0.15) is 0 Å². The largest absolute Gasteiger partial charge is 0.488 e. The Labute approximate surface area is 91.9 Å². The highest BCUT2D eigenvalue weighted by atomic mass is 16.5. The lowest BCUT2D eigenvalue weighted by Gasteiger charge is -2.36. The predicted octanol–water partition coefficient (Wildman–Crippen LogP) is 2.50. The van der Waals surface area contributed by atoms with E-state index in [1.807, 2.05) is 6.07 Å². The second-order valence-corrected chi connectivity index (χ2v) is 4.69. The minimum atomic E-state index is 0.386. The lowest BCUT2D eigenvalue weighted by molar-refractivity contribution is 0.0388. The molecule has 1 aromatic rings. The van der Waals surface area contributed by atoms with Gasteiger partial charge in [-0.25, -0.2) is 0 Å². The topological polar surface area (TPSA) is 12.5 Å². The molecule has 0 aromatic heterocycles. The third kappa shape index (κ3) is 2.51. The standard InChI is InChI=1S/C13H19NO/c1-10(2)11-5-4-6-12(7-11)15-13-8-14(3)9-13/h4-7,10,13H,8-9H2,1-3H3. The summed E-state index contributed by atoms with van der Waals surface area (Å²) >= 11 is 0. The summed E-state index contributed by atoms with van der Waals surface area (Å²) in [5, 5.41) is 0. The molecule has 2 nitrogen and oxygen atoms in total. The summed E-state index contributed by atoms with van der Waals surface area (Å²) in [6.07, 6.45) is 0.386. The molecule has 0 unspecified atom stereocenters. The minimum Gasteiger partial charge on any atom is -0.488 e. The first kappa shape index (κ1) is 10.5. The van der Waals surface area contributed by atoms with Gasteiger partial charge in [-0.1, -0.05) is 26.0 Å². The van der Waals surface area contributed by atoms with Gasteiger partial charge in [-0.3, -0.25) is 4.90 Å². The van der Waals surface area contributed by atoms with E-state index in [-0.39, 0.29) is 0 Å². The van der Waals surface area contributed by atoms with Crippen LogP contribution in [0.2, 0.25) is 0 Å². The first-order valence-electron chi connectivity index (χ1n) is 5.60. The van der Waals surface area contributed by atoms with E-state index in [1.165, 1.54) is 5.56 Å². The van der Waals surface area contributed by atoms with Crippen molar-refractivity contribution in [3.8, 4) is 5.75 Å². The van der Waals surface area contributed by atoms with E-state index in [4.69, 9.17) is 4.74 Å². The third-order valence-electron chi connectivity index (χ3n) is 2.86. The van der Waals surface area contributed by atoms with E-state index < -0.39 is 0 Å². The maximum absolute atomic E-state index is 5.87. The molecule has 1 aliphatic heterocycles. The number of rotatable bonds is 3. The highest BCUT2D eigenvalue weighted by Crippen LogP contribution is 2.22. The van der Waals surface area contributed by atoms with E-state index in [0.29, 0.717) is 12.0 Å². The molecule has 1 heterocycles. The molecule has 1 aliphatic rings. The van der Waals surface area contributed by atoms with Crippen LogP contribution in [0.3, 0.4) is 0 Å². The number of hydrogen-bond donors (Lipinski definition) is 0. The molecule has 1 fully saturated rings. The van der Waals surface area contributed by atoms with Crippen molar-refractivity contribution < 1.29 is 4.74 Å². The Balaban J connectivity index is 1.99. The molecule has 82 valence electrons. The van der Waals surface area contributed by atoms with Crippen LogP contribution in [-0.2, 0) is 0 Å². The van der Waals surface area contributed by atoms with Crippen LogP contribution < -0.4 is 4.74 Å². The van der Waals surface area contributed by atoms with E-state index in [9.17, 15) is 0 Å². The minimum absolute atomic E-state index is 0.386. The number of hydrogen-bond acceptors (Lipinski definition) is 2. The monoisotopic (exact) mass is 205 g/mol. The third-order valence-corrected chi connectivity index (χ3v) is 2.86. The van der Waals surface area contributed by atoms with Crippen LogP contribution in [0.5, 0.6) is 5.75 Å². The van der Waals surface area contributed by atoms with Crippen molar-refractivity contribution in [2.24, 2.45) is 0 Å². The summed E-state index contributed by atoms with van der Waals surface area (Å²) in [6.45, 7) is 6.50. The van der Waals surface area contributed by atoms with Crippen molar-refractivity contribution in [3.05, 3.63) is 29.8 Å². The maximum atomic E-state index is 5.87. The van der Waals surface area contributed by atoms with Gasteiger partial charge in [0.05, 0.1) is 0 Å². The predicted molar refractivity (Wildman–Crippen MR) is 62.4 cm³/mol. The Morgan fingerprint density at radius 2 is 2.07 bits per heavy atom. The highest BCUT2D eigenvalue weighted by Gasteiger charge is 2.24. The van der Waals surface area contributed by atoms with Gasteiger partial charge in [-0.05, 0) is 30.7 Å². The molecule has 0 N–H and O–H groups in total. The van der Waals surface area contributed by atoms with Crippen LogP contribution in [0.4, 0.5) is 0 Å². The Morgan fingerprint density at radius 1 is 1.33 bits per heavy atom. The number of likely N-dealkylation sites (tertiary alicyclic amines) is 1. The number of benzene rings is 1. The highest BCUT2D eigenvalue weighted by molar-refractivity contribution is 5.30. The second kappa shape index (κ2) is 4.23. The van der Waals surface area contributed by atoms with Gasteiger partial charge in [0.25, 0.3) is 0 Å². The Bertz CT molecular complexity index is 329. The van der Waals surface area contributed by atoms with E-state index >= 15 is 0 Å². The number of ether oxygens (including phenoxy) is 1. The molecule has 15 heavy (non-hydrogen) atoms. The van der Waals surface area contributed by atoms with Crippen molar-refractivity contribution in [2.45, 2.75) is 25.9 Å². The van der Waals surface area contributed by atoms with Crippen LogP contribution >= 0.6 is 0 Å². The second-order valence-electron chi connectivity index (χ2n) is 4.69. The molecule has 0 radical (unpaired) electrons. The van der Waals surface area contributed by atoms with Crippen LogP contribution in [0, 0.1) is 0 Å². The molecule has 0 amide bonds. The van der Waals surface area contributed by atoms with Gasteiger partial charge in [0.2, 0.25) is 0 Å². The fourth-order valence-corrected chi connectivity index (χ4v) is 1.86. The van der Waals surface area contributed by atoms with Crippen molar-refractivity contribution in [1.82, 2.24) is 4.90 Å². The molecular weight excluding hydrogens is 186 g/mol. The van der Waals surface area contributed by atoms with Crippen molar-refractivity contribution in [3.63, 3.8) is 0 Å². The zero-order valence-electron chi connectivity index (χ0n) is 9.73. The van der Waals surface area contributed by atoms with Gasteiger partial charge >= 0.3 is 0 Å². The van der Waals surface area contributed by atoms with E-state index in [2.05, 4.69) is 44.0 Å². The van der Waals surface area contributed by atoms with Crippen molar-refractivity contribution in [2.75, 3.05) is 20.1 Å². The number of likely N-dealkylation sites (N-methyl/N-ethyl adjacent to an activating group) is 1. The van der Waals surface area contributed by atoms with Crippen LogP contribution in [0.15, 0.2) is 24.3 Å². The Kier molecular flexibility index (Phi) is 2.96. The molecule has 2 rings (SSSR count). The smallest absolute Gasteiger partial charge is 0.124 e. The van der Waals surface area contributed by atoms with Gasteiger partial charge in [0.1, 0.15) is 11.9 Å². The normalized spacial score (nSPS) is 17.9. The first-order chi connectivity index (χ1) is 7.15. The van der Waals surface area contributed by atoms with Crippen molar-refractivity contribution >= 4 is 0 Å². The first-order valence-corrected chi connectivity index (χ1v) is 5.60. The number of nitrogens with zero attached hydrogens (tertiary/aromatic N) is 1. The van der Waals surface area contributed by atoms with E-state index in [1.54, 1.807) is 0 Å². The summed E-state index contributed by atoms with van der Waals surface area (Å²) in [5.41, 5.74) is 1.35. The Morgan fingerprint density at radius 3 is 2.67 bits per heavy atom. The average molecular weight is 205 g/mol. The summed E-state index contributed by atoms with van der Waals surface area (Å²) < 4.78 is 5.87. The van der Waals surface area contributed by atoms with Gasteiger partial charge in [0.15, 0.2) is 0 Å². The molecule has 1 aromatic carbocycles. The molecule has 0 aliphatic carbocycles. The lowest BCUT2D eigenvalue weighted by atomic mass is 10.0. The fraction of sp³-hybridized carbons (Fsp3) is 0.538. The average Bonchev–Trinajstić information content (AvgIpc) is 2.16. The quantitative estimate of drug-likeness (QED) is 0.751. The molecule has 1 saturated heterocycles. The maximum Gasteiger partial charge on any atom is 0.124 e. The fourth-order valence-electron chi connectivity index (χ4n) is 1.86. The molecule has 0 spiro atoms. The van der Waals surface area contributed by atoms with Gasteiger partial charge in [0, 0.05) is 13.1 Å². The summed E-state index contributed by atoms with van der Waals surface area (Å²) in [4.78, 5) is 2.26. The van der Waals surface area contributed by atoms with Crippen LogP contribution in [0.1, 0.15) is 25.3 Å². The van der Waals surface area contributed by atoms with Crippen molar-refractivity contribution in [1.29, 1.82) is 0 Å². The summed E-state index contributed by atoms with van der Waals surface area (Å²) in [6, 6.07) is 8.44. The zero-order valence-corrected chi connectivity index (χ0v) is 9.73. The SMILES string of the molecule is CC(C)c1cccc(OC2CN(C)C2)c1. The summed E-state index contributed by atoms with van der Waals surface area (Å²) in [7, 11) is 2.12. The van der Waals surface area contributed by atoms with Gasteiger partial charge < -0.3 is 4.74 Å². The summed E-state index contributed by atoms with van der Waals surface area (Å²) in [5.74, 6) is 1.58. The van der Waals surface area contributed by atoms with Gasteiger partial charge in [-0.15, -0.1) is 0 Å². The molecule has 2 heteroatoms. The Hall–Kier alpha value is -1.02. The molecule has 0 saturated carbocycles. The molecule has 0 bridgehead atoms.